The number of guanidine groups is 1. The first-order valence-corrected chi connectivity index (χ1v) is 9.36. The van der Waals surface area contributed by atoms with Crippen LogP contribution in [0.5, 0.6) is 0 Å². The number of aliphatic imine (C=N–C) groups is 1. The fourth-order valence-corrected chi connectivity index (χ4v) is 3.22. The monoisotopic (exact) mass is 339 g/mol. The van der Waals surface area contributed by atoms with Crippen molar-refractivity contribution in [1.29, 1.82) is 0 Å². The topological polar surface area (TPSA) is 69.2 Å². The van der Waals surface area contributed by atoms with Crippen LogP contribution in [-0.4, -0.2) is 86.7 Å². The molecule has 0 aromatic rings. The summed E-state index contributed by atoms with van der Waals surface area (Å²) in [5.41, 5.74) is 0. The van der Waals surface area contributed by atoms with Gasteiger partial charge in [0.2, 0.25) is 5.91 Å². The molecule has 2 N–H and O–H groups in total. The van der Waals surface area contributed by atoms with E-state index in [1.54, 1.807) is 0 Å². The first kappa shape index (κ1) is 19.0. The smallest absolute Gasteiger partial charge is 0.221 e. The molecule has 1 unspecified atom stereocenters. The maximum absolute atomic E-state index is 11.7. The van der Waals surface area contributed by atoms with Crippen molar-refractivity contribution >= 4 is 11.9 Å². The van der Waals surface area contributed by atoms with Gasteiger partial charge in [-0.05, 0) is 19.8 Å². The number of morpholine rings is 1. The molecule has 24 heavy (non-hydrogen) atoms. The number of hydrogen-bond acceptors (Lipinski definition) is 4. The molecule has 0 spiro atoms. The lowest BCUT2D eigenvalue weighted by atomic mass is 10.2. The van der Waals surface area contributed by atoms with Crippen molar-refractivity contribution in [1.82, 2.24) is 20.4 Å². The highest BCUT2D eigenvalue weighted by Crippen LogP contribution is 2.17. The molecule has 0 saturated carbocycles. The Hall–Kier alpha value is -1.34. The number of nitrogens with zero attached hydrogens (tertiary/aromatic N) is 3. The van der Waals surface area contributed by atoms with Gasteiger partial charge in [-0.3, -0.25) is 14.7 Å². The number of amides is 1. The first-order valence-electron chi connectivity index (χ1n) is 9.36. The van der Waals surface area contributed by atoms with Crippen LogP contribution in [0.1, 0.15) is 33.1 Å². The van der Waals surface area contributed by atoms with Crippen molar-refractivity contribution in [2.24, 2.45) is 4.99 Å². The lowest BCUT2D eigenvalue weighted by Crippen LogP contribution is -2.46. The van der Waals surface area contributed by atoms with Crippen molar-refractivity contribution in [2.45, 2.75) is 39.2 Å². The van der Waals surface area contributed by atoms with Crippen molar-refractivity contribution in [3.05, 3.63) is 0 Å². The molecule has 2 rings (SSSR count). The second kappa shape index (κ2) is 10.5. The Bertz CT molecular complexity index is 410. The Balaban J connectivity index is 1.81. The van der Waals surface area contributed by atoms with Crippen molar-refractivity contribution in [3.63, 3.8) is 0 Å². The van der Waals surface area contributed by atoms with Gasteiger partial charge in [0.05, 0.1) is 19.8 Å². The first-order chi connectivity index (χ1) is 11.7. The zero-order chi connectivity index (χ0) is 17.2. The molecule has 7 nitrogen and oxygen atoms in total. The van der Waals surface area contributed by atoms with E-state index in [-0.39, 0.29) is 5.91 Å². The third-order valence-corrected chi connectivity index (χ3v) is 4.53. The van der Waals surface area contributed by atoms with Gasteiger partial charge >= 0.3 is 0 Å². The third kappa shape index (κ3) is 5.94. The fraction of sp³-hybridized carbons (Fsp3) is 0.882. The minimum Gasteiger partial charge on any atom is -0.379 e. The zero-order valence-corrected chi connectivity index (χ0v) is 15.2. The van der Waals surface area contributed by atoms with Gasteiger partial charge in [-0.25, -0.2) is 0 Å². The summed E-state index contributed by atoms with van der Waals surface area (Å²) in [6.07, 6.45) is 2.59. The van der Waals surface area contributed by atoms with E-state index in [4.69, 9.17) is 4.74 Å². The van der Waals surface area contributed by atoms with Gasteiger partial charge in [0, 0.05) is 51.7 Å². The van der Waals surface area contributed by atoms with Gasteiger partial charge in [0.1, 0.15) is 0 Å². The third-order valence-electron chi connectivity index (χ3n) is 4.53. The predicted octanol–water partition coefficient (Wildman–Crippen LogP) is 0.275. The SMILES string of the molecule is CCCNC(=O)CCN=C(NCC)N1CCC(N2CCOCC2)C1. The lowest BCUT2D eigenvalue weighted by molar-refractivity contribution is -0.120. The lowest BCUT2D eigenvalue weighted by Gasteiger charge is -2.32. The van der Waals surface area contributed by atoms with Crippen molar-refractivity contribution in [3.8, 4) is 0 Å². The molecule has 138 valence electrons. The van der Waals surface area contributed by atoms with E-state index in [9.17, 15) is 4.79 Å². The van der Waals surface area contributed by atoms with Crippen LogP contribution in [0.3, 0.4) is 0 Å². The molecule has 2 fully saturated rings. The maximum Gasteiger partial charge on any atom is 0.221 e. The van der Waals surface area contributed by atoms with Crippen molar-refractivity contribution in [2.75, 3.05) is 59.0 Å². The van der Waals surface area contributed by atoms with E-state index in [1.807, 2.05) is 0 Å². The zero-order valence-electron chi connectivity index (χ0n) is 15.2. The van der Waals surface area contributed by atoms with Crippen LogP contribution in [0.4, 0.5) is 0 Å². The average Bonchev–Trinajstić information content (AvgIpc) is 3.10. The number of likely N-dealkylation sites (tertiary alicyclic amines) is 1. The van der Waals surface area contributed by atoms with Gasteiger partial charge < -0.3 is 20.3 Å². The molecule has 0 aliphatic carbocycles. The average molecular weight is 339 g/mol. The molecule has 1 atom stereocenters. The molecular formula is C17H33N5O2. The Morgan fingerprint density at radius 3 is 2.71 bits per heavy atom. The Morgan fingerprint density at radius 2 is 2.00 bits per heavy atom. The van der Waals surface area contributed by atoms with E-state index in [0.29, 0.717) is 19.0 Å². The van der Waals surface area contributed by atoms with Gasteiger partial charge in [-0.15, -0.1) is 0 Å². The predicted molar refractivity (Wildman–Crippen MR) is 96.3 cm³/mol. The standard InChI is InChI=1S/C17H33N5O2/c1-3-7-19-16(23)5-8-20-17(18-4-2)22-9-6-15(14-22)21-10-12-24-13-11-21/h15H,3-14H2,1-2H3,(H,18,20)(H,19,23). The number of carbonyl (C=O) groups is 1. The number of carbonyl (C=O) groups excluding carboxylic acids is 1. The molecule has 0 radical (unpaired) electrons. The van der Waals surface area contributed by atoms with Crippen LogP contribution in [-0.2, 0) is 9.53 Å². The summed E-state index contributed by atoms with van der Waals surface area (Å²) in [6.45, 7) is 12.1. The van der Waals surface area contributed by atoms with E-state index in [1.165, 1.54) is 6.42 Å². The fourth-order valence-electron chi connectivity index (χ4n) is 3.22. The second-order valence-electron chi connectivity index (χ2n) is 6.37. The number of rotatable bonds is 7. The molecule has 2 saturated heterocycles. The molecule has 7 heteroatoms. The summed E-state index contributed by atoms with van der Waals surface area (Å²) in [6, 6.07) is 0.589. The van der Waals surface area contributed by atoms with Crippen LogP contribution < -0.4 is 10.6 Å². The van der Waals surface area contributed by atoms with Gasteiger partial charge in [0.25, 0.3) is 0 Å². The Labute approximate surface area is 145 Å². The maximum atomic E-state index is 11.7. The van der Waals surface area contributed by atoms with E-state index in [2.05, 4.69) is 39.3 Å². The minimum absolute atomic E-state index is 0.0871. The number of nitrogens with one attached hydrogen (secondary N) is 2. The molecule has 0 aromatic carbocycles. The summed E-state index contributed by atoms with van der Waals surface area (Å²) in [5.74, 6) is 1.03. The summed E-state index contributed by atoms with van der Waals surface area (Å²) in [7, 11) is 0. The molecule has 2 heterocycles. The van der Waals surface area contributed by atoms with Crippen LogP contribution in [0, 0.1) is 0 Å². The van der Waals surface area contributed by atoms with Crippen LogP contribution in [0.15, 0.2) is 4.99 Å². The summed E-state index contributed by atoms with van der Waals surface area (Å²) in [4.78, 5) is 21.2. The molecular weight excluding hydrogens is 306 g/mol. The van der Waals surface area contributed by atoms with Gasteiger partial charge in [-0.2, -0.15) is 0 Å². The van der Waals surface area contributed by atoms with Crippen molar-refractivity contribution < 1.29 is 9.53 Å². The van der Waals surface area contributed by atoms with Gasteiger partial charge in [0.15, 0.2) is 5.96 Å². The largest absolute Gasteiger partial charge is 0.379 e. The normalized spacial score (nSPS) is 22.7. The quantitative estimate of drug-likeness (QED) is 0.515. The van der Waals surface area contributed by atoms with Crippen LogP contribution in [0.25, 0.3) is 0 Å². The Kier molecular flexibility index (Phi) is 8.32. The summed E-state index contributed by atoms with van der Waals surface area (Å²) >= 11 is 0. The highest BCUT2D eigenvalue weighted by Gasteiger charge is 2.30. The molecule has 2 aliphatic heterocycles. The van der Waals surface area contributed by atoms with Crippen LogP contribution >= 0.6 is 0 Å². The minimum atomic E-state index is 0.0871. The number of ether oxygens (including phenoxy) is 1. The summed E-state index contributed by atoms with van der Waals surface area (Å²) < 4.78 is 5.45. The van der Waals surface area contributed by atoms with E-state index in [0.717, 1.165) is 64.9 Å². The number of hydrogen-bond donors (Lipinski definition) is 2. The summed E-state index contributed by atoms with van der Waals surface area (Å²) in [5, 5.41) is 6.26. The highest BCUT2D eigenvalue weighted by molar-refractivity contribution is 5.81. The van der Waals surface area contributed by atoms with Gasteiger partial charge in [-0.1, -0.05) is 6.92 Å². The molecule has 0 bridgehead atoms. The molecule has 0 aromatic heterocycles. The second-order valence-corrected chi connectivity index (χ2v) is 6.37. The highest BCUT2D eigenvalue weighted by atomic mass is 16.5. The Morgan fingerprint density at radius 1 is 1.21 bits per heavy atom. The van der Waals surface area contributed by atoms with E-state index >= 15 is 0 Å². The van der Waals surface area contributed by atoms with Crippen LogP contribution in [0.2, 0.25) is 0 Å². The van der Waals surface area contributed by atoms with E-state index < -0.39 is 0 Å². The molecule has 2 aliphatic rings. The molecule has 1 amide bonds.